The molecule has 0 spiro atoms. The minimum absolute atomic E-state index is 0.00832. The molecule has 1 aromatic heterocycles. The highest BCUT2D eigenvalue weighted by molar-refractivity contribution is 7.99. The van der Waals surface area contributed by atoms with E-state index in [4.69, 9.17) is 0 Å². The normalized spacial score (nSPS) is 10.8. The van der Waals surface area contributed by atoms with E-state index >= 15 is 0 Å². The smallest absolute Gasteiger partial charge is 0.234 e. The quantitative estimate of drug-likeness (QED) is 0.689. The summed E-state index contributed by atoms with van der Waals surface area (Å²) in [4.78, 5) is 12.0. The number of carbonyl (C=O) groups excluding carboxylic acids is 1. The summed E-state index contributed by atoms with van der Waals surface area (Å²) in [5.41, 5.74) is 0.860. The van der Waals surface area contributed by atoms with Crippen LogP contribution in [0, 0.1) is 17.5 Å². The van der Waals surface area contributed by atoms with Gasteiger partial charge in [-0.05, 0) is 36.4 Å². The lowest BCUT2D eigenvalue weighted by atomic mass is 10.2. The van der Waals surface area contributed by atoms with Crippen LogP contribution in [0.5, 0.6) is 0 Å². The summed E-state index contributed by atoms with van der Waals surface area (Å²) in [6, 6.07) is 8.95. The van der Waals surface area contributed by atoms with Gasteiger partial charge in [-0.25, -0.2) is 13.2 Å². The number of anilines is 1. The molecule has 0 bridgehead atoms. The Morgan fingerprint density at radius 2 is 1.81 bits per heavy atom. The Morgan fingerprint density at radius 1 is 1.08 bits per heavy atom. The molecule has 1 heterocycles. The number of nitrogens with zero attached hydrogens (tertiary/aromatic N) is 3. The zero-order chi connectivity index (χ0) is 18.7. The Kier molecular flexibility index (Phi) is 5.27. The molecule has 0 aliphatic heterocycles. The molecular weight excluding hydrogens is 365 g/mol. The van der Waals surface area contributed by atoms with E-state index in [9.17, 15) is 18.0 Å². The number of rotatable bonds is 5. The molecule has 9 heteroatoms. The second-order valence-electron chi connectivity index (χ2n) is 5.34. The van der Waals surface area contributed by atoms with E-state index in [1.807, 2.05) is 0 Å². The van der Waals surface area contributed by atoms with Gasteiger partial charge in [0.2, 0.25) is 5.91 Å². The maximum Gasteiger partial charge on any atom is 0.234 e. The standard InChI is InChI=1S/C17H13F3N4OS/c1-24-16(10-2-4-11(18)5-3-10)22-23-17(24)26-9-15(25)21-12-6-7-13(19)14(20)8-12/h2-8H,9H2,1H3,(H,21,25). The highest BCUT2D eigenvalue weighted by Gasteiger charge is 2.13. The molecule has 26 heavy (non-hydrogen) atoms. The lowest BCUT2D eigenvalue weighted by Crippen LogP contribution is -2.14. The number of nitrogens with one attached hydrogen (secondary N) is 1. The van der Waals surface area contributed by atoms with E-state index in [0.29, 0.717) is 16.5 Å². The van der Waals surface area contributed by atoms with Crippen molar-refractivity contribution < 1.29 is 18.0 Å². The van der Waals surface area contributed by atoms with E-state index in [2.05, 4.69) is 15.5 Å². The van der Waals surface area contributed by atoms with E-state index in [-0.39, 0.29) is 17.3 Å². The van der Waals surface area contributed by atoms with Crippen molar-refractivity contribution in [1.29, 1.82) is 0 Å². The summed E-state index contributed by atoms with van der Waals surface area (Å²) < 4.78 is 40.7. The van der Waals surface area contributed by atoms with Gasteiger partial charge in [-0.15, -0.1) is 10.2 Å². The fourth-order valence-electron chi connectivity index (χ4n) is 2.19. The van der Waals surface area contributed by atoms with Gasteiger partial charge in [0, 0.05) is 24.4 Å². The number of amides is 1. The number of hydrogen-bond donors (Lipinski definition) is 1. The van der Waals surface area contributed by atoms with Gasteiger partial charge in [0.15, 0.2) is 22.6 Å². The molecule has 0 radical (unpaired) electrons. The summed E-state index contributed by atoms with van der Waals surface area (Å²) in [7, 11) is 1.73. The third-order valence-electron chi connectivity index (χ3n) is 3.47. The number of halogens is 3. The minimum atomic E-state index is -1.03. The van der Waals surface area contributed by atoms with Crippen LogP contribution in [0.2, 0.25) is 0 Å². The molecule has 0 saturated carbocycles. The molecule has 2 aromatic carbocycles. The molecule has 1 N–H and O–H groups in total. The first-order chi connectivity index (χ1) is 12.4. The molecule has 1 amide bonds. The maximum atomic E-state index is 13.1. The van der Waals surface area contributed by atoms with Crippen molar-refractivity contribution >= 4 is 23.4 Å². The van der Waals surface area contributed by atoms with Gasteiger partial charge in [0.25, 0.3) is 0 Å². The Balaban J connectivity index is 1.63. The third-order valence-corrected chi connectivity index (χ3v) is 4.49. The maximum absolute atomic E-state index is 13.1. The average molecular weight is 378 g/mol. The largest absolute Gasteiger partial charge is 0.325 e. The Hall–Kier alpha value is -2.81. The van der Waals surface area contributed by atoms with E-state index in [1.54, 1.807) is 23.7 Å². The molecule has 0 unspecified atom stereocenters. The first-order valence-corrected chi connectivity index (χ1v) is 8.45. The van der Waals surface area contributed by atoms with Crippen molar-refractivity contribution in [3.63, 3.8) is 0 Å². The SMILES string of the molecule is Cn1c(SCC(=O)Nc2ccc(F)c(F)c2)nnc1-c1ccc(F)cc1. The predicted octanol–water partition coefficient (Wildman–Crippen LogP) is 3.63. The van der Waals surface area contributed by atoms with Crippen molar-refractivity contribution in [3.8, 4) is 11.4 Å². The number of carbonyl (C=O) groups is 1. The molecule has 5 nitrogen and oxygen atoms in total. The van der Waals surface area contributed by atoms with Gasteiger partial charge < -0.3 is 9.88 Å². The second kappa shape index (κ2) is 7.61. The number of aromatic nitrogens is 3. The lowest BCUT2D eigenvalue weighted by Gasteiger charge is -2.06. The van der Waals surface area contributed by atoms with Gasteiger partial charge in [0.05, 0.1) is 5.75 Å². The molecule has 3 rings (SSSR count). The molecular formula is C17H13F3N4OS. The highest BCUT2D eigenvalue weighted by atomic mass is 32.2. The summed E-state index contributed by atoms with van der Waals surface area (Å²) >= 11 is 1.14. The zero-order valence-corrected chi connectivity index (χ0v) is 14.4. The average Bonchev–Trinajstić information content (AvgIpc) is 2.98. The monoisotopic (exact) mass is 378 g/mol. The van der Waals surface area contributed by atoms with Crippen molar-refractivity contribution in [2.45, 2.75) is 5.16 Å². The Morgan fingerprint density at radius 3 is 2.50 bits per heavy atom. The molecule has 0 fully saturated rings. The van der Waals surface area contributed by atoms with Gasteiger partial charge in [0.1, 0.15) is 5.82 Å². The molecule has 0 atom stereocenters. The fraction of sp³-hybridized carbons (Fsp3) is 0.118. The van der Waals surface area contributed by atoms with Crippen LogP contribution in [-0.2, 0) is 11.8 Å². The van der Waals surface area contributed by atoms with Crippen LogP contribution in [-0.4, -0.2) is 26.4 Å². The summed E-state index contributed by atoms with van der Waals surface area (Å²) in [5.74, 6) is -2.22. The van der Waals surface area contributed by atoms with Gasteiger partial charge in [-0.1, -0.05) is 11.8 Å². The Labute approximate surface area is 151 Å². The molecule has 3 aromatic rings. The third kappa shape index (κ3) is 4.05. The van der Waals surface area contributed by atoms with Gasteiger partial charge in [-0.3, -0.25) is 4.79 Å². The first kappa shape index (κ1) is 18.0. The number of thioether (sulfide) groups is 1. The van der Waals surface area contributed by atoms with Crippen LogP contribution in [0.3, 0.4) is 0 Å². The van der Waals surface area contributed by atoms with Crippen LogP contribution in [0.15, 0.2) is 47.6 Å². The van der Waals surface area contributed by atoms with Crippen LogP contribution >= 0.6 is 11.8 Å². The number of benzene rings is 2. The van der Waals surface area contributed by atoms with Crippen LogP contribution in [0.25, 0.3) is 11.4 Å². The summed E-state index contributed by atoms with van der Waals surface area (Å²) in [6.07, 6.45) is 0. The lowest BCUT2D eigenvalue weighted by molar-refractivity contribution is -0.113. The second-order valence-corrected chi connectivity index (χ2v) is 6.28. The van der Waals surface area contributed by atoms with E-state index < -0.39 is 17.5 Å². The van der Waals surface area contributed by atoms with E-state index in [1.165, 1.54) is 18.2 Å². The first-order valence-electron chi connectivity index (χ1n) is 7.47. The number of hydrogen-bond acceptors (Lipinski definition) is 4. The summed E-state index contributed by atoms with van der Waals surface area (Å²) in [6.45, 7) is 0. The van der Waals surface area contributed by atoms with Crippen LogP contribution < -0.4 is 5.32 Å². The Bertz CT molecular complexity index is 944. The van der Waals surface area contributed by atoms with Gasteiger partial charge >= 0.3 is 0 Å². The highest BCUT2D eigenvalue weighted by Crippen LogP contribution is 2.23. The topological polar surface area (TPSA) is 59.8 Å². The van der Waals surface area contributed by atoms with Crippen LogP contribution in [0.1, 0.15) is 0 Å². The fourth-order valence-corrected chi connectivity index (χ4v) is 2.90. The predicted molar refractivity (Wildman–Crippen MR) is 92.1 cm³/mol. The van der Waals surface area contributed by atoms with Crippen molar-refractivity contribution in [2.24, 2.45) is 7.05 Å². The van der Waals surface area contributed by atoms with Crippen molar-refractivity contribution in [2.75, 3.05) is 11.1 Å². The zero-order valence-electron chi connectivity index (χ0n) is 13.5. The van der Waals surface area contributed by atoms with Gasteiger partial charge in [-0.2, -0.15) is 0 Å². The van der Waals surface area contributed by atoms with Crippen molar-refractivity contribution in [1.82, 2.24) is 14.8 Å². The van der Waals surface area contributed by atoms with E-state index in [0.717, 1.165) is 23.9 Å². The molecule has 134 valence electrons. The molecule has 0 aliphatic carbocycles. The minimum Gasteiger partial charge on any atom is -0.325 e. The molecule has 0 saturated heterocycles. The summed E-state index contributed by atoms with van der Waals surface area (Å²) in [5, 5.41) is 11.0. The van der Waals surface area contributed by atoms with Crippen LogP contribution in [0.4, 0.5) is 18.9 Å². The molecule has 0 aliphatic rings. The van der Waals surface area contributed by atoms with Crippen molar-refractivity contribution in [3.05, 3.63) is 59.9 Å².